The van der Waals surface area contributed by atoms with E-state index in [9.17, 15) is 8.42 Å². The smallest absolute Gasteiger partial charge is 0.184 e. The Morgan fingerprint density at radius 2 is 1.59 bits per heavy atom. The fourth-order valence-corrected chi connectivity index (χ4v) is 4.03. The standard InChI is InChI=1S/C18H17NO2S/c1-2-14-8-10-15(11-9-14)13-22(20,21)17-7-3-5-16-6-4-12-19-18(16)17/h3-12H,2,13H2,1H3. The molecule has 0 saturated heterocycles. The molecular weight excluding hydrogens is 294 g/mol. The van der Waals surface area contributed by atoms with E-state index in [1.165, 1.54) is 5.56 Å². The van der Waals surface area contributed by atoms with E-state index >= 15 is 0 Å². The minimum atomic E-state index is -3.42. The third kappa shape index (κ3) is 2.88. The number of benzene rings is 2. The lowest BCUT2D eigenvalue weighted by molar-refractivity contribution is 0.596. The molecule has 0 aliphatic carbocycles. The third-order valence-electron chi connectivity index (χ3n) is 3.72. The van der Waals surface area contributed by atoms with Crippen LogP contribution in [0.4, 0.5) is 0 Å². The van der Waals surface area contributed by atoms with Gasteiger partial charge in [0.1, 0.15) is 0 Å². The van der Waals surface area contributed by atoms with Crippen molar-refractivity contribution in [1.29, 1.82) is 0 Å². The molecule has 0 unspecified atom stereocenters. The van der Waals surface area contributed by atoms with Crippen molar-refractivity contribution in [3.63, 3.8) is 0 Å². The summed E-state index contributed by atoms with van der Waals surface area (Å²) in [6.07, 6.45) is 2.57. The fraction of sp³-hybridized carbons (Fsp3) is 0.167. The van der Waals surface area contributed by atoms with E-state index in [4.69, 9.17) is 0 Å². The maximum atomic E-state index is 12.7. The lowest BCUT2D eigenvalue weighted by Gasteiger charge is -2.08. The van der Waals surface area contributed by atoms with E-state index in [2.05, 4.69) is 11.9 Å². The zero-order valence-electron chi connectivity index (χ0n) is 12.4. The van der Waals surface area contributed by atoms with Crippen molar-refractivity contribution in [2.75, 3.05) is 0 Å². The molecule has 1 heterocycles. The Labute approximate surface area is 130 Å². The van der Waals surface area contributed by atoms with Crippen LogP contribution < -0.4 is 0 Å². The quantitative estimate of drug-likeness (QED) is 0.737. The van der Waals surface area contributed by atoms with E-state index in [1.807, 2.05) is 42.5 Å². The summed E-state index contributed by atoms with van der Waals surface area (Å²) in [5, 5.41) is 0.838. The highest BCUT2D eigenvalue weighted by molar-refractivity contribution is 7.90. The lowest BCUT2D eigenvalue weighted by Crippen LogP contribution is -2.06. The van der Waals surface area contributed by atoms with Crippen LogP contribution in [0.1, 0.15) is 18.1 Å². The summed E-state index contributed by atoms with van der Waals surface area (Å²) >= 11 is 0. The van der Waals surface area contributed by atoms with Crippen LogP contribution in [0, 0.1) is 0 Å². The monoisotopic (exact) mass is 311 g/mol. The van der Waals surface area contributed by atoms with Crippen LogP contribution in [-0.4, -0.2) is 13.4 Å². The molecule has 0 atom stereocenters. The number of aryl methyl sites for hydroxylation is 1. The van der Waals surface area contributed by atoms with Crippen LogP contribution in [0.5, 0.6) is 0 Å². The highest BCUT2D eigenvalue weighted by atomic mass is 32.2. The number of fused-ring (bicyclic) bond motifs is 1. The second kappa shape index (κ2) is 5.89. The van der Waals surface area contributed by atoms with Crippen molar-refractivity contribution in [3.8, 4) is 0 Å². The molecule has 0 saturated carbocycles. The molecule has 4 heteroatoms. The largest absolute Gasteiger partial charge is 0.255 e. The van der Waals surface area contributed by atoms with Gasteiger partial charge in [-0.2, -0.15) is 0 Å². The Balaban J connectivity index is 2.01. The maximum Gasteiger partial charge on any atom is 0.184 e. The van der Waals surface area contributed by atoms with Gasteiger partial charge in [0.2, 0.25) is 0 Å². The molecule has 3 nitrogen and oxygen atoms in total. The van der Waals surface area contributed by atoms with Crippen molar-refractivity contribution in [2.45, 2.75) is 24.0 Å². The van der Waals surface area contributed by atoms with Crippen LogP contribution in [0.3, 0.4) is 0 Å². The van der Waals surface area contributed by atoms with Crippen LogP contribution in [-0.2, 0) is 22.0 Å². The molecule has 3 rings (SSSR count). The van der Waals surface area contributed by atoms with Gasteiger partial charge < -0.3 is 0 Å². The molecule has 0 spiro atoms. The van der Waals surface area contributed by atoms with E-state index < -0.39 is 9.84 Å². The average molecular weight is 311 g/mol. The lowest BCUT2D eigenvalue weighted by atomic mass is 10.1. The first kappa shape index (κ1) is 14.7. The molecule has 0 N–H and O–H groups in total. The zero-order valence-corrected chi connectivity index (χ0v) is 13.2. The van der Waals surface area contributed by atoms with E-state index in [1.54, 1.807) is 18.3 Å². The Hall–Kier alpha value is -2.20. The minimum absolute atomic E-state index is 0.00726. The van der Waals surface area contributed by atoms with Crippen molar-refractivity contribution in [2.24, 2.45) is 0 Å². The predicted molar refractivity (Wildman–Crippen MR) is 88.5 cm³/mol. The first-order valence-corrected chi connectivity index (χ1v) is 8.90. The molecule has 2 aromatic carbocycles. The van der Waals surface area contributed by atoms with Gasteiger partial charge in [-0.25, -0.2) is 8.42 Å². The van der Waals surface area contributed by atoms with Crippen LogP contribution in [0.2, 0.25) is 0 Å². The number of aromatic nitrogens is 1. The second-order valence-corrected chi connectivity index (χ2v) is 7.22. The summed E-state index contributed by atoms with van der Waals surface area (Å²) in [4.78, 5) is 4.53. The second-order valence-electron chi connectivity index (χ2n) is 5.26. The molecule has 1 aromatic heterocycles. The number of sulfone groups is 1. The number of pyridine rings is 1. The summed E-state index contributed by atoms with van der Waals surface area (Å²) in [5.41, 5.74) is 2.54. The van der Waals surface area contributed by atoms with Gasteiger partial charge in [0.25, 0.3) is 0 Å². The number of rotatable bonds is 4. The van der Waals surface area contributed by atoms with Crippen LogP contribution >= 0.6 is 0 Å². The van der Waals surface area contributed by atoms with Gasteiger partial charge in [-0.15, -0.1) is 0 Å². The van der Waals surface area contributed by atoms with E-state index in [0.717, 1.165) is 17.4 Å². The Bertz CT molecular complexity index is 895. The van der Waals surface area contributed by atoms with Gasteiger partial charge in [-0.1, -0.05) is 49.4 Å². The maximum absolute atomic E-state index is 12.7. The summed E-state index contributed by atoms with van der Waals surface area (Å²) < 4.78 is 25.5. The molecule has 0 amide bonds. The van der Waals surface area contributed by atoms with Crippen molar-refractivity contribution in [1.82, 2.24) is 4.98 Å². The van der Waals surface area contributed by atoms with Gasteiger partial charge in [0.05, 0.1) is 16.2 Å². The Kier molecular flexibility index (Phi) is 3.94. The molecule has 0 radical (unpaired) electrons. The van der Waals surface area contributed by atoms with E-state index in [0.29, 0.717) is 10.4 Å². The van der Waals surface area contributed by atoms with Gasteiger partial charge in [-0.3, -0.25) is 4.98 Å². The molecule has 0 aliphatic heterocycles. The topological polar surface area (TPSA) is 47.0 Å². The predicted octanol–water partition coefficient (Wildman–Crippen LogP) is 3.77. The average Bonchev–Trinajstić information content (AvgIpc) is 2.54. The molecular formula is C18H17NO2S. The van der Waals surface area contributed by atoms with Gasteiger partial charge >= 0.3 is 0 Å². The van der Waals surface area contributed by atoms with Crippen molar-refractivity contribution in [3.05, 3.63) is 71.9 Å². The van der Waals surface area contributed by atoms with Crippen LogP contribution in [0.15, 0.2) is 65.7 Å². The van der Waals surface area contributed by atoms with Gasteiger partial charge in [0, 0.05) is 11.6 Å². The summed E-state index contributed by atoms with van der Waals surface area (Å²) in [5.74, 6) is -0.00726. The summed E-state index contributed by atoms with van der Waals surface area (Å²) in [7, 11) is -3.42. The number of hydrogen-bond donors (Lipinski definition) is 0. The summed E-state index contributed by atoms with van der Waals surface area (Å²) in [6.45, 7) is 2.08. The fourth-order valence-electron chi connectivity index (χ4n) is 2.50. The molecule has 22 heavy (non-hydrogen) atoms. The highest BCUT2D eigenvalue weighted by Crippen LogP contribution is 2.24. The number of para-hydroxylation sites is 1. The normalized spacial score (nSPS) is 11.7. The zero-order chi connectivity index (χ0) is 15.6. The molecule has 0 aliphatic rings. The van der Waals surface area contributed by atoms with Gasteiger partial charge in [-0.05, 0) is 29.7 Å². The third-order valence-corrected chi connectivity index (χ3v) is 5.43. The molecule has 0 fully saturated rings. The Morgan fingerprint density at radius 1 is 0.909 bits per heavy atom. The van der Waals surface area contributed by atoms with Gasteiger partial charge in [0.15, 0.2) is 9.84 Å². The highest BCUT2D eigenvalue weighted by Gasteiger charge is 2.18. The first-order valence-electron chi connectivity index (χ1n) is 7.24. The number of hydrogen-bond acceptors (Lipinski definition) is 3. The Morgan fingerprint density at radius 3 is 2.32 bits per heavy atom. The molecule has 0 bridgehead atoms. The number of nitrogens with zero attached hydrogens (tertiary/aromatic N) is 1. The molecule has 3 aromatic rings. The van der Waals surface area contributed by atoms with Crippen molar-refractivity contribution >= 4 is 20.7 Å². The minimum Gasteiger partial charge on any atom is -0.255 e. The van der Waals surface area contributed by atoms with E-state index in [-0.39, 0.29) is 5.75 Å². The van der Waals surface area contributed by atoms with Crippen molar-refractivity contribution < 1.29 is 8.42 Å². The van der Waals surface area contributed by atoms with Crippen LogP contribution in [0.25, 0.3) is 10.9 Å². The first-order chi connectivity index (χ1) is 10.6. The molecule has 112 valence electrons. The SMILES string of the molecule is CCc1ccc(CS(=O)(=O)c2cccc3cccnc23)cc1. The summed E-state index contributed by atoms with van der Waals surface area (Å²) in [6, 6.07) is 16.7.